The van der Waals surface area contributed by atoms with Crippen LogP contribution >= 0.6 is 0 Å². The summed E-state index contributed by atoms with van der Waals surface area (Å²) in [6.07, 6.45) is -1.05. The van der Waals surface area contributed by atoms with Gasteiger partial charge in [-0.2, -0.15) is 18.3 Å². The first-order chi connectivity index (χ1) is 15.1. The number of aryl methyl sites for hydroxylation is 1. The number of fused-ring (bicyclic) bond motifs is 1. The molecule has 0 aliphatic carbocycles. The molecule has 2 aromatic heterocycles. The predicted octanol–water partition coefficient (Wildman–Crippen LogP) is 4.63. The quantitative estimate of drug-likeness (QED) is 0.425. The van der Waals surface area contributed by atoms with Crippen molar-refractivity contribution >= 4 is 26.7 Å². The normalized spacial score (nSPS) is 12.2. The minimum Gasteiger partial charge on any atom is -0.294 e. The number of aromatic nitrogens is 3. The third-order valence-corrected chi connectivity index (χ3v) is 6.73. The van der Waals surface area contributed by atoms with Gasteiger partial charge in [-0.3, -0.25) is 9.89 Å². The van der Waals surface area contributed by atoms with Gasteiger partial charge < -0.3 is 0 Å². The number of nitrogens with zero attached hydrogens (tertiary/aromatic N) is 2. The number of ketones is 1. The van der Waals surface area contributed by atoms with Crippen molar-refractivity contribution in [2.75, 3.05) is 0 Å². The van der Waals surface area contributed by atoms with Crippen LogP contribution in [0.5, 0.6) is 0 Å². The lowest BCUT2D eigenvalue weighted by Gasteiger charge is -2.10. The van der Waals surface area contributed by atoms with Crippen molar-refractivity contribution in [3.8, 4) is 0 Å². The number of H-pyrrole nitrogens is 1. The van der Waals surface area contributed by atoms with Crippen molar-refractivity contribution in [3.05, 3.63) is 83.7 Å². The van der Waals surface area contributed by atoms with Gasteiger partial charge in [-0.1, -0.05) is 18.2 Å². The number of halogens is 3. The summed E-state index contributed by atoms with van der Waals surface area (Å²) in [5.74, 6) is -0.124. The summed E-state index contributed by atoms with van der Waals surface area (Å²) in [4.78, 5) is 16.0. The minimum atomic E-state index is -4.64. The van der Waals surface area contributed by atoms with Crippen molar-refractivity contribution in [2.24, 2.45) is 0 Å². The van der Waals surface area contributed by atoms with Crippen molar-refractivity contribution in [3.63, 3.8) is 0 Å². The zero-order valence-electron chi connectivity index (χ0n) is 16.4. The Morgan fingerprint density at radius 3 is 2.44 bits per heavy atom. The number of benzene rings is 2. The summed E-state index contributed by atoms with van der Waals surface area (Å²) in [6, 6.07) is 11.1. The van der Waals surface area contributed by atoms with Gasteiger partial charge >= 0.3 is 6.18 Å². The van der Waals surface area contributed by atoms with E-state index in [1.807, 2.05) is 0 Å². The van der Waals surface area contributed by atoms with Crippen LogP contribution < -0.4 is 0 Å². The number of aromatic amines is 1. The van der Waals surface area contributed by atoms with Crippen LogP contribution in [0.1, 0.15) is 27.9 Å². The highest BCUT2D eigenvalue weighted by Crippen LogP contribution is 2.32. The second-order valence-electron chi connectivity index (χ2n) is 7.13. The highest BCUT2D eigenvalue weighted by molar-refractivity contribution is 7.91. The molecule has 2 aromatic carbocycles. The molecule has 4 aromatic rings. The lowest BCUT2D eigenvalue weighted by Crippen LogP contribution is -2.08. The van der Waals surface area contributed by atoms with Crippen LogP contribution in [0.15, 0.2) is 76.8 Å². The predicted molar refractivity (Wildman–Crippen MR) is 110 cm³/mol. The fourth-order valence-corrected chi connectivity index (χ4v) is 4.51. The van der Waals surface area contributed by atoms with E-state index in [9.17, 15) is 26.4 Å². The molecule has 0 aliphatic rings. The van der Waals surface area contributed by atoms with Crippen LogP contribution in [0.4, 0.5) is 13.2 Å². The molecule has 2 heterocycles. The molecule has 164 valence electrons. The van der Waals surface area contributed by atoms with E-state index in [0.717, 1.165) is 29.1 Å². The summed E-state index contributed by atoms with van der Waals surface area (Å²) in [6.45, 7) is 0. The fraction of sp³-hybridized carbons (Fsp3) is 0.136. The van der Waals surface area contributed by atoms with E-state index in [4.69, 9.17) is 0 Å². The Balaban J connectivity index is 1.47. The zero-order valence-corrected chi connectivity index (χ0v) is 17.2. The minimum absolute atomic E-state index is 0.124. The zero-order chi connectivity index (χ0) is 22.9. The number of pyridine rings is 1. The molecule has 4 rings (SSSR count). The monoisotopic (exact) mass is 459 g/mol. The van der Waals surface area contributed by atoms with Crippen molar-refractivity contribution in [1.82, 2.24) is 15.2 Å². The third kappa shape index (κ3) is 4.40. The molecule has 0 fully saturated rings. The number of hydrogen-bond donors (Lipinski definition) is 1. The van der Waals surface area contributed by atoms with Crippen LogP contribution in [-0.4, -0.2) is 29.4 Å². The Bertz CT molecular complexity index is 1400. The number of alkyl halides is 3. The number of carbonyl (C=O) groups excluding carboxylic acids is 1. The lowest BCUT2D eigenvalue weighted by molar-refractivity contribution is -0.137. The van der Waals surface area contributed by atoms with Crippen molar-refractivity contribution in [1.29, 1.82) is 0 Å². The van der Waals surface area contributed by atoms with Gasteiger partial charge in [0.05, 0.1) is 21.6 Å². The van der Waals surface area contributed by atoms with Gasteiger partial charge in [-0.15, -0.1) is 0 Å². The van der Waals surface area contributed by atoms with Crippen LogP contribution in [0.25, 0.3) is 11.0 Å². The molecule has 0 saturated carbocycles. The molecule has 32 heavy (non-hydrogen) atoms. The first-order valence-electron chi connectivity index (χ1n) is 9.48. The number of carbonyl (C=O) groups is 1. The van der Waals surface area contributed by atoms with Gasteiger partial charge in [0, 0.05) is 23.6 Å². The highest BCUT2D eigenvalue weighted by Gasteiger charge is 2.32. The summed E-state index contributed by atoms with van der Waals surface area (Å²) < 4.78 is 64.2. The number of nitrogens with one attached hydrogen (secondary N) is 1. The number of sulfone groups is 1. The van der Waals surface area contributed by atoms with E-state index in [1.165, 1.54) is 18.3 Å². The molecule has 0 spiro atoms. The Morgan fingerprint density at radius 2 is 1.72 bits per heavy atom. The number of rotatable bonds is 6. The molecule has 0 atom stereocenters. The largest absolute Gasteiger partial charge is 0.416 e. The van der Waals surface area contributed by atoms with E-state index < -0.39 is 26.5 Å². The molecule has 0 saturated heterocycles. The smallest absolute Gasteiger partial charge is 0.294 e. The van der Waals surface area contributed by atoms with E-state index in [-0.39, 0.29) is 17.1 Å². The van der Waals surface area contributed by atoms with Crippen LogP contribution in [0, 0.1) is 0 Å². The van der Waals surface area contributed by atoms with E-state index in [2.05, 4.69) is 15.2 Å². The second kappa shape index (κ2) is 8.19. The van der Waals surface area contributed by atoms with Gasteiger partial charge in [0.1, 0.15) is 0 Å². The maximum absolute atomic E-state index is 12.9. The third-order valence-electron chi connectivity index (χ3n) is 4.96. The van der Waals surface area contributed by atoms with Gasteiger partial charge in [0.15, 0.2) is 11.4 Å². The maximum Gasteiger partial charge on any atom is 0.416 e. The molecule has 0 bridgehead atoms. The first-order valence-corrected chi connectivity index (χ1v) is 11.0. The number of hydrogen-bond acceptors (Lipinski definition) is 5. The molecule has 0 amide bonds. The molecule has 0 aliphatic heterocycles. The Labute approximate surface area is 181 Å². The van der Waals surface area contributed by atoms with E-state index in [0.29, 0.717) is 23.7 Å². The fourth-order valence-electron chi connectivity index (χ4n) is 3.20. The Morgan fingerprint density at radius 1 is 0.969 bits per heavy atom. The van der Waals surface area contributed by atoms with Crippen molar-refractivity contribution < 1.29 is 26.4 Å². The maximum atomic E-state index is 12.9. The van der Waals surface area contributed by atoms with E-state index >= 15 is 0 Å². The summed E-state index contributed by atoms with van der Waals surface area (Å²) >= 11 is 0. The van der Waals surface area contributed by atoms with Crippen LogP contribution in [0.2, 0.25) is 0 Å². The average Bonchev–Trinajstić information content (AvgIpc) is 3.25. The van der Waals surface area contributed by atoms with Gasteiger partial charge in [0.25, 0.3) is 0 Å². The number of Topliss-reactive ketones (excluding diaryl/α,β-unsaturated/α-hetero) is 1. The Kier molecular flexibility index (Phi) is 5.55. The molecule has 0 radical (unpaired) electrons. The summed E-state index contributed by atoms with van der Waals surface area (Å²) in [7, 11) is -4.11. The molecule has 6 nitrogen and oxygen atoms in total. The SMILES string of the molecule is O=C(CCc1ccc(S(=O)(=O)c2cccc(C(F)(F)F)c2)cc1)c1cnc2[nH]ncc2c1. The Hall–Kier alpha value is -3.53. The summed E-state index contributed by atoms with van der Waals surface area (Å²) in [5.41, 5.74) is 0.720. The molecule has 1 N–H and O–H groups in total. The average molecular weight is 459 g/mol. The molecule has 10 heteroatoms. The first kappa shape index (κ1) is 21.7. The molecular formula is C22H16F3N3O3S. The highest BCUT2D eigenvalue weighted by atomic mass is 32.2. The lowest BCUT2D eigenvalue weighted by atomic mass is 10.0. The topological polar surface area (TPSA) is 92.8 Å². The second-order valence-corrected chi connectivity index (χ2v) is 9.08. The van der Waals surface area contributed by atoms with Gasteiger partial charge in [-0.05, 0) is 48.4 Å². The van der Waals surface area contributed by atoms with Crippen LogP contribution in [0.3, 0.4) is 0 Å². The molecular weight excluding hydrogens is 443 g/mol. The summed E-state index contributed by atoms with van der Waals surface area (Å²) in [5, 5.41) is 7.29. The molecule has 0 unspecified atom stereocenters. The van der Waals surface area contributed by atoms with E-state index in [1.54, 1.807) is 24.4 Å². The van der Waals surface area contributed by atoms with Crippen molar-refractivity contribution in [2.45, 2.75) is 28.8 Å². The van der Waals surface area contributed by atoms with Gasteiger partial charge in [-0.25, -0.2) is 13.4 Å². The van der Waals surface area contributed by atoms with Gasteiger partial charge in [0.2, 0.25) is 9.84 Å². The van der Waals surface area contributed by atoms with Crippen LogP contribution in [-0.2, 0) is 22.4 Å². The standard InChI is InChI=1S/C22H16F3N3O3S/c23-22(24,25)17-2-1-3-19(11-17)32(30,31)18-7-4-14(5-8-18)6-9-20(29)15-10-16-13-27-28-21(16)26-12-15/h1-5,7-8,10-13H,6,9H2,(H,26,27,28).